The number of methoxy groups -OCH3 is 1. The van der Waals surface area contributed by atoms with Crippen LogP contribution in [0.2, 0.25) is 13.1 Å². The van der Waals surface area contributed by atoms with Gasteiger partial charge in [-0.05, 0) is 34.2 Å². The molecule has 0 spiro atoms. The van der Waals surface area contributed by atoms with E-state index in [2.05, 4.69) is 66.8 Å². The van der Waals surface area contributed by atoms with E-state index in [4.69, 9.17) is 9.47 Å². The van der Waals surface area contributed by atoms with Gasteiger partial charge in [0.2, 0.25) is 0 Å². The van der Waals surface area contributed by atoms with Crippen LogP contribution in [0.5, 0.6) is 17.2 Å². The molecule has 0 aliphatic heterocycles. The quantitative estimate of drug-likeness (QED) is 0.671. The lowest BCUT2D eigenvalue weighted by atomic mass is 9.79. The van der Waals surface area contributed by atoms with Gasteiger partial charge in [0, 0.05) is 11.1 Å². The van der Waals surface area contributed by atoms with E-state index in [0.29, 0.717) is 12.0 Å². The number of ether oxygens (including phenoxy) is 2. The Morgan fingerprint density at radius 3 is 1.86 bits per heavy atom. The Hall–Kier alpha value is -1.94. The molecule has 2 aromatic carbocycles. The average Bonchev–Trinajstić information content (AvgIpc) is 2.58. The summed E-state index contributed by atoms with van der Waals surface area (Å²) in [5.74, 6) is 2.14. The van der Waals surface area contributed by atoms with Crippen molar-refractivity contribution in [2.45, 2.75) is 65.5 Å². The van der Waals surface area contributed by atoms with Crippen LogP contribution in [0.4, 0.5) is 0 Å². The fraction of sp³-hybridized carbons (Fsp3) is 0.500. The first-order valence-electron chi connectivity index (χ1n) is 9.91. The van der Waals surface area contributed by atoms with Crippen LogP contribution in [-0.4, -0.2) is 26.5 Å². The zero-order valence-electron chi connectivity index (χ0n) is 18.9. The van der Waals surface area contributed by atoms with Gasteiger partial charge in [-0.15, -0.1) is 0 Å². The van der Waals surface area contributed by atoms with Gasteiger partial charge in [-0.25, -0.2) is 0 Å². The van der Waals surface area contributed by atoms with Crippen LogP contribution in [0.3, 0.4) is 0 Å². The Balaban J connectivity index is 2.41. The standard InChI is InChI=1S/C24H36O3Si/c1-23(2,3)18-14-17(15-19(22(18)25)24(4,5)6)27-16-28(8,9)21-13-11-10-12-20(21)26-7/h10-15,25H,16H2,1-9H3. The molecule has 0 aliphatic rings. The highest BCUT2D eigenvalue weighted by Gasteiger charge is 2.30. The summed E-state index contributed by atoms with van der Waals surface area (Å²) in [5.41, 5.74) is 1.51. The van der Waals surface area contributed by atoms with Crippen molar-refractivity contribution < 1.29 is 14.6 Å². The van der Waals surface area contributed by atoms with Gasteiger partial charge in [-0.2, -0.15) is 0 Å². The number of rotatable bonds is 5. The molecule has 2 rings (SSSR count). The number of phenols is 1. The van der Waals surface area contributed by atoms with Crippen molar-refractivity contribution in [1.29, 1.82) is 0 Å². The number of phenolic OH excluding ortho intramolecular Hbond substituents is 1. The van der Waals surface area contributed by atoms with E-state index in [0.717, 1.165) is 22.6 Å². The molecular formula is C24H36O3Si. The third-order valence-electron chi connectivity index (χ3n) is 5.14. The summed E-state index contributed by atoms with van der Waals surface area (Å²) in [5, 5.41) is 12.1. The molecular weight excluding hydrogens is 364 g/mol. The second-order valence-corrected chi connectivity index (χ2v) is 14.8. The maximum atomic E-state index is 10.9. The topological polar surface area (TPSA) is 38.7 Å². The summed E-state index contributed by atoms with van der Waals surface area (Å²) in [7, 11) is -0.160. The number of aromatic hydroxyl groups is 1. The molecule has 0 fully saturated rings. The van der Waals surface area contributed by atoms with Gasteiger partial charge in [0.05, 0.1) is 13.3 Å². The normalized spacial score (nSPS) is 12.8. The third-order valence-corrected chi connectivity index (χ3v) is 7.87. The summed E-state index contributed by atoms with van der Waals surface area (Å²) >= 11 is 0. The van der Waals surface area contributed by atoms with E-state index in [-0.39, 0.29) is 10.8 Å². The number of hydrogen-bond donors (Lipinski definition) is 1. The summed E-state index contributed by atoms with van der Waals surface area (Å²) in [6.45, 7) is 17.3. The van der Waals surface area contributed by atoms with Crippen LogP contribution in [0.25, 0.3) is 0 Å². The molecule has 4 heteroatoms. The summed E-state index contributed by atoms with van der Waals surface area (Å²) < 4.78 is 11.9. The van der Waals surface area contributed by atoms with Crippen molar-refractivity contribution >= 4 is 13.3 Å². The van der Waals surface area contributed by atoms with Crippen LogP contribution in [0.1, 0.15) is 52.7 Å². The van der Waals surface area contributed by atoms with Crippen molar-refractivity contribution in [2.75, 3.05) is 13.3 Å². The largest absolute Gasteiger partial charge is 0.507 e. The van der Waals surface area contributed by atoms with Crippen molar-refractivity contribution in [3.05, 3.63) is 47.5 Å². The lowest BCUT2D eigenvalue weighted by molar-refractivity contribution is 0.369. The van der Waals surface area contributed by atoms with Crippen molar-refractivity contribution in [1.82, 2.24) is 0 Å². The zero-order valence-corrected chi connectivity index (χ0v) is 19.9. The van der Waals surface area contributed by atoms with Gasteiger partial charge < -0.3 is 14.6 Å². The molecule has 0 heterocycles. The lowest BCUT2D eigenvalue weighted by Crippen LogP contribution is -2.48. The number of hydrogen-bond acceptors (Lipinski definition) is 3. The van der Waals surface area contributed by atoms with Crippen LogP contribution < -0.4 is 14.7 Å². The first-order valence-corrected chi connectivity index (χ1v) is 13.1. The second kappa shape index (κ2) is 7.82. The van der Waals surface area contributed by atoms with Crippen LogP contribution in [0, 0.1) is 0 Å². The minimum atomic E-state index is -1.88. The van der Waals surface area contributed by atoms with E-state index in [1.165, 1.54) is 5.19 Å². The first kappa shape index (κ1) is 22.3. The van der Waals surface area contributed by atoms with E-state index in [1.54, 1.807) is 7.11 Å². The Labute approximate surface area is 171 Å². The highest BCUT2D eigenvalue weighted by atomic mass is 28.3. The van der Waals surface area contributed by atoms with Gasteiger partial charge >= 0.3 is 0 Å². The smallest absolute Gasteiger partial charge is 0.128 e. The van der Waals surface area contributed by atoms with Crippen LogP contribution in [0.15, 0.2) is 36.4 Å². The molecule has 1 N–H and O–H groups in total. The highest BCUT2D eigenvalue weighted by Crippen LogP contribution is 2.41. The van der Waals surface area contributed by atoms with Gasteiger partial charge in [0.1, 0.15) is 25.3 Å². The molecule has 3 nitrogen and oxygen atoms in total. The molecule has 28 heavy (non-hydrogen) atoms. The fourth-order valence-corrected chi connectivity index (χ4v) is 5.46. The molecule has 0 unspecified atom stereocenters. The molecule has 0 saturated carbocycles. The van der Waals surface area contributed by atoms with Gasteiger partial charge in [-0.1, -0.05) is 72.8 Å². The number of benzene rings is 2. The number of para-hydroxylation sites is 1. The third kappa shape index (κ3) is 4.91. The molecule has 0 amide bonds. The molecule has 0 saturated heterocycles. The average molecular weight is 401 g/mol. The Morgan fingerprint density at radius 1 is 0.893 bits per heavy atom. The van der Waals surface area contributed by atoms with Gasteiger partial charge in [-0.3, -0.25) is 0 Å². The SMILES string of the molecule is COc1ccccc1[Si](C)(C)COc1cc(C(C)(C)C)c(O)c(C(C)(C)C)c1. The molecule has 0 aromatic heterocycles. The maximum Gasteiger partial charge on any atom is 0.128 e. The van der Waals surface area contributed by atoms with Crippen LogP contribution in [-0.2, 0) is 10.8 Å². The Morgan fingerprint density at radius 2 is 1.39 bits per heavy atom. The monoisotopic (exact) mass is 400 g/mol. The fourth-order valence-electron chi connectivity index (χ4n) is 3.38. The van der Waals surface area contributed by atoms with E-state index in [1.807, 2.05) is 24.3 Å². The van der Waals surface area contributed by atoms with Gasteiger partial charge in [0.25, 0.3) is 0 Å². The summed E-state index contributed by atoms with van der Waals surface area (Å²) in [4.78, 5) is 0. The second-order valence-electron chi connectivity index (χ2n) is 10.2. The minimum Gasteiger partial charge on any atom is -0.507 e. The van der Waals surface area contributed by atoms with Crippen LogP contribution >= 0.6 is 0 Å². The lowest BCUT2D eigenvalue weighted by Gasteiger charge is -2.29. The van der Waals surface area contributed by atoms with Crippen molar-refractivity contribution in [3.63, 3.8) is 0 Å². The van der Waals surface area contributed by atoms with Crippen molar-refractivity contribution in [3.8, 4) is 17.2 Å². The molecule has 0 bridgehead atoms. The zero-order chi connectivity index (χ0) is 21.3. The van der Waals surface area contributed by atoms with Gasteiger partial charge in [0.15, 0.2) is 0 Å². The molecule has 2 aromatic rings. The summed E-state index contributed by atoms with van der Waals surface area (Å²) in [6.07, 6.45) is 0.644. The predicted octanol–water partition coefficient (Wildman–Crippen LogP) is 5.53. The minimum absolute atomic E-state index is 0.168. The van der Waals surface area contributed by atoms with Crippen molar-refractivity contribution in [2.24, 2.45) is 0 Å². The first-order chi connectivity index (χ1) is 12.8. The van der Waals surface area contributed by atoms with E-state index >= 15 is 0 Å². The maximum absolute atomic E-state index is 10.9. The Kier molecular flexibility index (Phi) is 6.24. The Bertz CT molecular complexity index is 791. The van der Waals surface area contributed by atoms with E-state index < -0.39 is 8.07 Å². The molecule has 0 aliphatic carbocycles. The summed E-state index contributed by atoms with van der Waals surface area (Å²) in [6, 6.07) is 12.2. The molecule has 0 atom stereocenters. The predicted molar refractivity (Wildman–Crippen MR) is 121 cm³/mol. The highest BCUT2D eigenvalue weighted by molar-refractivity contribution is 6.90. The molecule has 154 valence electrons. The van der Waals surface area contributed by atoms with E-state index in [9.17, 15) is 5.11 Å². The molecule has 0 radical (unpaired) electrons.